The van der Waals surface area contributed by atoms with E-state index < -0.39 is 0 Å². The van der Waals surface area contributed by atoms with Crippen LogP contribution in [-0.2, 0) is 17.9 Å². The molecule has 30 heavy (non-hydrogen) atoms. The molecule has 1 aliphatic rings. The Morgan fingerprint density at radius 1 is 1.03 bits per heavy atom. The van der Waals surface area contributed by atoms with Crippen molar-refractivity contribution in [1.82, 2.24) is 19.5 Å². The van der Waals surface area contributed by atoms with Crippen LogP contribution in [0, 0.1) is 0 Å². The number of nitrogens with zero attached hydrogens (tertiary/aromatic N) is 4. The third-order valence-corrected chi connectivity index (χ3v) is 6.24. The molecule has 1 fully saturated rings. The van der Waals surface area contributed by atoms with E-state index in [2.05, 4.69) is 17.0 Å². The molecule has 0 bridgehead atoms. The minimum absolute atomic E-state index is 0.357. The van der Waals surface area contributed by atoms with Crippen LogP contribution in [0.3, 0.4) is 0 Å². The van der Waals surface area contributed by atoms with Crippen molar-refractivity contribution in [2.45, 2.75) is 13.2 Å². The van der Waals surface area contributed by atoms with E-state index in [4.69, 9.17) is 31.2 Å². The van der Waals surface area contributed by atoms with Crippen LogP contribution in [0.15, 0.2) is 54.6 Å². The normalized spacial score (nSPS) is 15.0. The zero-order chi connectivity index (χ0) is 20.3. The van der Waals surface area contributed by atoms with E-state index in [1.165, 1.54) is 0 Å². The van der Waals surface area contributed by atoms with Crippen LogP contribution in [0.5, 0.6) is 5.75 Å². The summed E-state index contributed by atoms with van der Waals surface area (Å²) in [6, 6.07) is 17.8. The summed E-state index contributed by atoms with van der Waals surface area (Å²) in [5.41, 5.74) is 3.19. The Morgan fingerprint density at radius 3 is 2.60 bits per heavy atom. The van der Waals surface area contributed by atoms with Crippen LogP contribution in [-0.4, -0.2) is 45.8 Å². The molecule has 8 heteroatoms. The molecule has 0 aliphatic carbocycles. The molecule has 0 amide bonds. The number of hydrogen-bond donors (Lipinski definition) is 0. The Hall–Kier alpha value is -2.45. The van der Waals surface area contributed by atoms with Crippen molar-refractivity contribution in [2.75, 3.05) is 26.3 Å². The van der Waals surface area contributed by atoms with Gasteiger partial charge in [-0.05, 0) is 12.1 Å². The molecule has 0 saturated carbocycles. The number of fused-ring (bicyclic) bond motifs is 1. The van der Waals surface area contributed by atoms with Crippen LogP contribution in [0.1, 0.15) is 10.7 Å². The average molecular weight is 441 g/mol. The van der Waals surface area contributed by atoms with Gasteiger partial charge < -0.3 is 9.47 Å². The zero-order valence-corrected chi connectivity index (χ0v) is 17.9. The largest absolute Gasteiger partial charge is 0.485 e. The van der Waals surface area contributed by atoms with Crippen LogP contribution in [0.2, 0.25) is 5.02 Å². The molecule has 0 atom stereocenters. The minimum Gasteiger partial charge on any atom is -0.485 e. The number of morpholine rings is 1. The Morgan fingerprint density at radius 2 is 1.80 bits per heavy atom. The Bertz CT molecular complexity index is 1140. The van der Waals surface area contributed by atoms with E-state index in [1.54, 1.807) is 11.3 Å². The average Bonchev–Trinajstić information content (AvgIpc) is 3.33. The van der Waals surface area contributed by atoms with Crippen molar-refractivity contribution in [3.63, 3.8) is 0 Å². The molecule has 3 heterocycles. The van der Waals surface area contributed by atoms with Gasteiger partial charge in [0.05, 0.1) is 29.6 Å². The zero-order valence-electron chi connectivity index (χ0n) is 16.3. The van der Waals surface area contributed by atoms with E-state index in [9.17, 15) is 0 Å². The first-order chi connectivity index (χ1) is 14.8. The Kier molecular flexibility index (Phi) is 5.68. The van der Waals surface area contributed by atoms with E-state index >= 15 is 0 Å². The summed E-state index contributed by atoms with van der Waals surface area (Å²) in [5.74, 6) is 0.658. The quantitative estimate of drug-likeness (QED) is 0.441. The standard InChI is InChI=1S/C22H21ClN4O2S/c23-17-8-4-5-9-19(17)29-15-20-25-27-18(14-26-10-12-28-13-11-26)21(24-22(27)30-20)16-6-2-1-3-7-16/h1-9H,10-15H2. The number of imidazole rings is 1. The lowest BCUT2D eigenvalue weighted by atomic mass is 10.1. The molecule has 154 valence electrons. The van der Waals surface area contributed by atoms with Gasteiger partial charge in [0.1, 0.15) is 12.4 Å². The SMILES string of the molecule is Clc1ccccc1OCc1nn2c(CN3CCOCC3)c(-c3ccccc3)nc2s1. The topological polar surface area (TPSA) is 51.9 Å². The van der Waals surface area contributed by atoms with Gasteiger partial charge in [-0.2, -0.15) is 5.10 Å². The first-order valence-electron chi connectivity index (χ1n) is 9.88. The fourth-order valence-corrected chi connectivity index (χ4v) is 4.55. The van der Waals surface area contributed by atoms with Crippen molar-refractivity contribution >= 4 is 27.9 Å². The van der Waals surface area contributed by atoms with Crippen LogP contribution in [0.4, 0.5) is 0 Å². The molecule has 2 aromatic heterocycles. The lowest BCUT2D eigenvalue weighted by Gasteiger charge is -2.26. The molecular weight excluding hydrogens is 420 g/mol. The van der Waals surface area contributed by atoms with Gasteiger partial charge in [-0.1, -0.05) is 65.4 Å². The van der Waals surface area contributed by atoms with Crippen LogP contribution < -0.4 is 4.74 Å². The van der Waals surface area contributed by atoms with Crippen LogP contribution >= 0.6 is 22.9 Å². The first-order valence-corrected chi connectivity index (χ1v) is 11.1. The third-order valence-electron chi connectivity index (χ3n) is 5.05. The lowest BCUT2D eigenvalue weighted by Crippen LogP contribution is -2.36. The second kappa shape index (κ2) is 8.73. The molecule has 1 saturated heterocycles. The lowest BCUT2D eigenvalue weighted by molar-refractivity contribution is 0.0335. The van der Waals surface area contributed by atoms with Gasteiger partial charge in [-0.15, -0.1) is 0 Å². The maximum Gasteiger partial charge on any atom is 0.213 e. The maximum absolute atomic E-state index is 6.20. The molecule has 0 unspecified atom stereocenters. The molecule has 0 N–H and O–H groups in total. The highest BCUT2D eigenvalue weighted by molar-refractivity contribution is 7.16. The van der Waals surface area contributed by atoms with Crippen LogP contribution in [0.25, 0.3) is 16.2 Å². The van der Waals surface area contributed by atoms with Crippen molar-refractivity contribution in [3.05, 3.63) is 70.3 Å². The van der Waals surface area contributed by atoms with Crippen molar-refractivity contribution in [1.29, 1.82) is 0 Å². The number of hydrogen-bond acceptors (Lipinski definition) is 6. The van der Waals surface area contributed by atoms with Crippen molar-refractivity contribution < 1.29 is 9.47 Å². The molecular formula is C22H21ClN4O2S. The Labute approximate surface area is 183 Å². The summed E-state index contributed by atoms with van der Waals surface area (Å²) < 4.78 is 13.3. The monoisotopic (exact) mass is 440 g/mol. The molecule has 5 rings (SSSR count). The van der Waals surface area contributed by atoms with E-state index in [1.807, 2.05) is 47.0 Å². The number of benzene rings is 2. The van der Waals surface area contributed by atoms with Gasteiger partial charge in [-0.25, -0.2) is 9.50 Å². The first kappa shape index (κ1) is 19.5. The number of ether oxygens (including phenoxy) is 2. The maximum atomic E-state index is 6.20. The predicted octanol–water partition coefficient (Wildman–Crippen LogP) is 4.52. The Balaban J connectivity index is 1.46. The fraction of sp³-hybridized carbons (Fsp3) is 0.273. The molecule has 4 aromatic rings. The summed E-state index contributed by atoms with van der Waals surface area (Å²) in [7, 11) is 0. The number of rotatable bonds is 6. The summed E-state index contributed by atoms with van der Waals surface area (Å²) in [5, 5.41) is 6.27. The number of para-hydroxylation sites is 1. The predicted molar refractivity (Wildman–Crippen MR) is 118 cm³/mol. The minimum atomic E-state index is 0.357. The highest BCUT2D eigenvalue weighted by atomic mass is 35.5. The summed E-state index contributed by atoms with van der Waals surface area (Å²) in [6.45, 7) is 4.48. The number of aromatic nitrogens is 3. The van der Waals surface area contributed by atoms with Gasteiger partial charge in [0.15, 0.2) is 5.01 Å². The molecule has 1 aliphatic heterocycles. The summed E-state index contributed by atoms with van der Waals surface area (Å²) >= 11 is 7.74. The van der Waals surface area contributed by atoms with E-state index in [-0.39, 0.29) is 0 Å². The van der Waals surface area contributed by atoms with Crippen molar-refractivity contribution in [2.24, 2.45) is 0 Å². The van der Waals surface area contributed by atoms with Crippen molar-refractivity contribution in [3.8, 4) is 17.0 Å². The third kappa shape index (κ3) is 4.06. The van der Waals surface area contributed by atoms with Gasteiger partial charge >= 0.3 is 0 Å². The highest BCUT2D eigenvalue weighted by Crippen LogP contribution is 2.29. The highest BCUT2D eigenvalue weighted by Gasteiger charge is 2.21. The van der Waals surface area contributed by atoms with Gasteiger partial charge in [0, 0.05) is 25.2 Å². The fourth-order valence-electron chi connectivity index (χ4n) is 3.53. The molecule has 0 radical (unpaired) electrons. The van der Waals surface area contributed by atoms with Gasteiger partial charge in [0.25, 0.3) is 0 Å². The molecule has 0 spiro atoms. The second-order valence-electron chi connectivity index (χ2n) is 7.07. The molecule has 2 aromatic carbocycles. The summed E-state index contributed by atoms with van der Waals surface area (Å²) in [4.78, 5) is 8.18. The second-order valence-corrected chi connectivity index (χ2v) is 8.52. The molecule has 6 nitrogen and oxygen atoms in total. The van der Waals surface area contributed by atoms with Gasteiger partial charge in [-0.3, -0.25) is 4.90 Å². The smallest absolute Gasteiger partial charge is 0.213 e. The van der Waals surface area contributed by atoms with E-state index in [0.717, 1.165) is 59.8 Å². The van der Waals surface area contributed by atoms with E-state index in [0.29, 0.717) is 17.4 Å². The number of halogens is 1. The summed E-state index contributed by atoms with van der Waals surface area (Å²) in [6.07, 6.45) is 0. The van der Waals surface area contributed by atoms with Gasteiger partial charge in [0.2, 0.25) is 4.96 Å².